The topological polar surface area (TPSA) is 86.5 Å². The first kappa shape index (κ1) is 17.7. The maximum absolute atomic E-state index is 12.8. The van der Waals surface area contributed by atoms with Crippen LogP contribution in [0.4, 0.5) is 5.69 Å². The van der Waals surface area contributed by atoms with Crippen LogP contribution in [-0.2, 0) is 21.3 Å². The fourth-order valence-corrected chi connectivity index (χ4v) is 2.83. The Hall–Kier alpha value is -3.16. The van der Waals surface area contributed by atoms with Gasteiger partial charge in [0.15, 0.2) is 5.70 Å². The number of nitrogens with one attached hydrogen (secondary N) is 2. The number of rotatable bonds is 4. The van der Waals surface area contributed by atoms with Crippen molar-refractivity contribution in [2.75, 3.05) is 5.43 Å². The molecule has 2 aromatic rings. The zero-order valence-electron chi connectivity index (χ0n) is 15.4. The largest absolute Gasteiger partial charge is 0.455 e. The summed E-state index contributed by atoms with van der Waals surface area (Å²) in [5, 5.41) is 0. The summed E-state index contributed by atoms with van der Waals surface area (Å²) in [6.45, 7) is 6.77. The van der Waals surface area contributed by atoms with Crippen molar-refractivity contribution >= 4 is 11.7 Å². The third-order valence-corrected chi connectivity index (χ3v) is 4.16. The number of hydrogen-bond acceptors (Lipinski definition) is 6. The Bertz CT molecular complexity index is 938. The molecule has 1 aliphatic heterocycles. The standard InChI is InChI=1S/C18H22N4O4/c1-11-14(16(23)22(21(11)5)13-9-7-6-8-10-13)19-20-15-12(2)25-18(3,4)26-17(15)24/h6-10,19-20H,1-5H3. The van der Waals surface area contributed by atoms with E-state index >= 15 is 0 Å². The number of allylic oxidation sites excluding steroid dienone is 1. The van der Waals surface area contributed by atoms with Gasteiger partial charge in [-0.25, -0.2) is 9.48 Å². The quantitative estimate of drug-likeness (QED) is 0.642. The van der Waals surface area contributed by atoms with E-state index in [1.165, 1.54) is 0 Å². The van der Waals surface area contributed by atoms with Crippen molar-refractivity contribution in [1.29, 1.82) is 0 Å². The molecule has 0 spiro atoms. The molecule has 0 atom stereocenters. The molecule has 26 heavy (non-hydrogen) atoms. The minimum Gasteiger partial charge on any atom is -0.455 e. The second-order valence-electron chi connectivity index (χ2n) is 6.51. The average molecular weight is 358 g/mol. The van der Waals surface area contributed by atoms with Gasteiger partial charge in [-0.3, -0.25) is 20.3 Å². The Labute approximate surface area is 151 Å². The number of aromatic nitrogens is 2. The van der Waals surface area contributed by atoms with E-state index in [9.17, 15) is 9.59 Å². The summed E-state index contributed by atoms with van der Waals surface area (Å²) in [7, 11) is 1.79. The number of nitrogens with zero attached hydrogens (tertiary/aromatic N) is 2. The Balaban J connectivity index is 1.91. The van der Waals surface area contributed by atoms with Crippen molar-refractivity contribution in [3.63, 3.8) is 0 Å². The summed E-state index contributed by atoms with van der Waals surface area (Å²) in [5.41, 5.74) is 7.24. The van der Waals surface area contributed by atoms with Crippen LogP contribution in [0.5, 0.6) is 0 Å². The molecule has 0 bridgehead atoms. The number of carbonyl (C=O) groups is 1. The normalized spacial score (nSPS) is 16.1. The van der Waals surface area contributed by atoms with Gasteiger partial charge in [0.1, 0.15) is 11.4 Å². The lowest BCUT2D eigenvalue weighted by molar-refractivity contribution is -0.207. The summed E-state index contributed by atoms with van der Waals surface area (Å²) in [6.07, 6.45) is 0. The molecule has 0 saturated carbocycles. The van der Waals surface area contributed by atoms with Crippen molar-refractivity contribution in [3.8, 4) is 5.69 Å². The van der Waals surface area contributed by atoms with Gasteiger partial charge in [-0.2, -0.15) is 0 Å². The Morgan fingerprint density at radius 1 is 1.00 bits per heavy atom. The number of hydrazine groups is 1. The number of benzene rings is 1. The van der Waals surface area contributed by atoms with E-state index in [2.05, 4.69) is 10.9 Å². The molecular weight excluding hydrogens is 336 g/mol. The molecule has 8 nitrogen and oxygen atoms in total. The zero-order valence-corrected chi connectivity index (χ0v) is 15.4. The molecule has 2 N–H and O–H groups in total. The number of carbonyl (C=O) groups excluding carboxylic acids is 1. The summed E-state index contributed by atoms with van der Waals surface area (Å²) >= 11 is 0. The summed E-state index contributed by atoms with van der Waals surface area (Å²) in [5.74, 6) is -1.19. The predicted molar refractivity (Wildman–Crippen MR) is 96.5 cm³/mol. The fraction of sp³-hybridized carbons (Fsp3) is 0.333. The molecule has 0 radical (unpaired) electrons. The number of para-hydroxylation sites is 1. The van der Waals surface area contributed by atoms with Crippen LogP contribution in [0.25, 0.3) is 5.69 Å². The molecule has 8 heteroatoms. The van der Waals surface area contributed by atoms with Crippen molar-refractivity contribution in [2.45, 2.75) is 33.5 Å². The van der Waals surface area contributed by atoms with Gasteiger partial charge in [-0.15, -0.1) is 0 Å². The van der Waals surface area contributed by atoms with Crippen LogP contribution < -0.4 is 16.4 Å². The number of esters is 1. The predicted octanol–water partition coefficient (Wildman–Crippen LogP) is 1.94. The highest BCUT2D eigenvalue weighted by atomic mass is 16.7. The Morgan fingerprint density at radius 2 is 1.65 bits per heavy atom. The first-order valence-electron chi connectivity index (χ1n) is 8.20. The second-order valence-corrected chi connectivity index (χ2v) is 6.51. The van der Waals surface area contributed by atoms with Crippen molar-refractivity contribution in [2.24, 2.45) is 7.05 Å². The molecule has 2 heterocycles. The Kier molecular flexibility index (Phi) is 4.27. The van der Waals surface area contributed by atoms with Crippen LogP contribution in [-0.4, -0.2) is 21.1 Å². The van der Waals surface area contributed by atoms with Gasteiger partial charge in [0.2, 0.25) is 5.79 Å². The van der Waals surface area contributed by atoms with Crippen LogP contribution in [0.3, 0.4) is 0 Å². The number of cyclic esters (lactones) is 1. The van der Waals surface area contributed by atoms with E-state index in [1.807, 2.05) is 37.3 Å². The van der Waals surface area contributed by atoms with Crippen molar-refractivity contribution in [3.05, 3.63) is 57.8 Å². The van der Waals surface area contributed by atoms with Crippen molar-refractivity contribution in [1.82, 2.24) is 14.8 Å². The molecule has 3 rings (SSSR count). The lowest BCUT2D eigenvalue weighted by Crippen LogP contribution is -2.41. The van der Waals surface area contributed by atoms with E-state index in [-0.39, 0.29) is 11.3 Å². The molecule has 0 unspecified atom stereocenters. The average Bonchev–Trinajstić information content (AvgIpc) is 2.77. The van der Waals surface area contributed by atoms with Gasteiger partial charge in [-0.05, 0) is 26.0 Å². The number of anilines is 1. The maximum Gasteiger partial charge on any atom is 0.363 e. The van der Waals surface area contributed by atoms with E-state index in [0.29, 0.717) is 17.1 Å². The molecule has 0 amide bonds. The highest BCUT2D eigenvalue weighted by molar-refractivity contribution is 5.89. The van der Waals surface area contributed by atoms with Crippen LogP contribution in [0.15, 0.2) is 46.6 Å². The van der Waals surface area contributed by atoms with Crippen molar-refractivity contribution < 1.29 is 14.3 Å². The van der Waals surface area contributed by atoms with Gasteiger partial charge in [0.05, 0.1) is 11.4 Å². The van der Waals surface area contributed by atoms with Gasteiger partial charge >= 0.3 is 5.97 Å². The van der Waals surface area contributed by atoms with Crippen LogP contribution in [0.1, 0.15) is 26.5 Å². The molecule has 1 aromatic heterocycles. The SMILES string of the molecule is CC1=C(NNc2c(C)n(C)n(-c3ccccc3)c2=O)C(=O)OC(C)(C)O1. The van der Waals surface area contributed by atoms with Gasteiger partial charge < -0.3 is 9.47 Å². The number of ether oxygens (including phenoxy) is 2. The van der Waals surface area contributed by atoms with Gasteiger partial charge in [0, 0.05) is 20.9 Å². The lowest BCUT2D eigenvalue weighted by atomic mass is 10.3. The Morgan fingerprint density at radius 3 is 2.27 bits per heavy atom. The van der Waals surface area contributed by atoms with Crippen LogP contribution >= 0.6 is 0 Å². The van der Waals surface area contributed by atoms with Gasteiger partial charge in [-0.1, -0.05) is 18.2 Å². The van der Waals surface area contributed by atoms with E-state index in [0.717, 1.165) is 5.69 Å². The first-order chi connectivity index (χ1) is 12.2. The lowest BCUT2D eigenvalue weighted by Gasteiger charge is -2.32. The third-order valence-electron chi connectivity index (χ3n) is 4.16. The molecule has 0 saturated heterocycles. The van der Waals surface area contributed by atoms with Crippen LogP contribution in [0.2, 0.25) is 0 Å². The molecule has 138 valence electrons. The smallest absolute Gasteiger partial charge is 0.363 e. The minimum absolute atomic E-state index is 0.123. The monoisotopic (exact) mass is 358 g/mol. The third kappa shape index (κ3) is 3.05. The summed E-state index contributed by atoms with van der Waals surface area (Å²) in [6, 6.07) is 9.30. The zero-order chi connectivity index (χ0) is 19.1. The molecule has 1 aromatic carbocycles. The second kappa shape index (κ2) is 6.29. The fourth-order valence-electron chi connectivity index (χ4n) is 2.83. The highest BCUT2D eigenvalue weighted by Crippen LogP contribution is 2.25. The molecule has 0 aliphatic carbocycles. The number of hydrogen-bond donors (Lipinski definition) is 2. The van der Waals surface area contributed by atoms with Crippen LogP contribution in [0, 0.1) is 6.92 Å². The minimum atomic E-state index is -1.02. The van der Waals surface area contributed by atoms with E-state index in [1.54, 1.807) is 37.2 Å². The van der Waals surface area contributed by atoms with Gasteiger partial charge in [0.25, 0.3) is 5.56 Å². The maximum atomic E-state index is 12.8. The molecule has 1 aliphatic rings. The molecule has 0 fully saturated rings. The first-order valence-corrected chi connectivity index (χ1v) is 8.20. The highest BCUT2D eigenvalue weighted by Gasteiger charge is 2.34. The van der Waals surface area contributed by atoms with E-state index < -0.39 is 11.8 Å². The van der Waals surface area contributed by atoms with E-state index in [4.69, 9.17) is 9.47 Å². The summed E-state index contributed by atoms with van der Waals surface area (Å²) in [4.78, 5) is 25.0. The molecular formula is C18H22N4O4. The summed E-state index contributed by atoms with van der Waals surface area (Å²) < 4.78 is 14.0.